The van der Waals surface area contributed by atoms with E-state index in [4.69, 9.17) is 33.0 Å². The number of sulfonamides is 1. The number of H-pyrrole nitrogens is 1. The van der Waals surface area contributed by atoms with Gasteiger partial charge in [0.15, 0.2) is 5.82 Å². The Bertz CT molecular complexity index is 1490. The fraction of sp³-hybridized carbons (Fsp3) is 0.160. The van der Waals surface area contributed by atoms with Crippen LogP contribution in [0.25, 0.3) is 11.3 Å². The Morgan fingerprint density at radius 3 is 2.45 bits per heavy atom. The van der Waals surface area contributed by atoms with E-state index in [9.17, 15) is 13.2 Å². The largest absolute Gasteiger partial charge is 0.494 e. The zero-order valence-electron chi connectivity index (χ0n) is 19.7. The van der Waals surface area contributed by atoms with Crippen molar-refractivity contribution in [3.8, 4) is 17.0 Å². The molecule has 9 nitrogen and oxygen atoms in total. The van der Waals surface area contributed by atoms with Gasteiger partial charge in [0.2, 0.25) is 0 Å². The molecule has 0 aliphatic rings. The molecule has 0 amide bonds. The molecule has 0 unspecified atom stereocenters. The first-order valence-corrected chi connectivity index (χ1v) is 14.5. The minimum Gasteiger partial charge on any atom is -0.494 e. The molecule has 0 fully saturated rings. The number of hydrogen-bond acceptors (Lipinski definition) is 7. The smallest absolute Gasteiger partial charge is 0.303 e. The number of aliphatic carboxylic acids is 1. The number of thioether (sulfide) groups is 1. The molecule has 198 valence electrons. The fourth-order valence-electron chi connectivity index (χ4n) is 3.42. The number of nitrogens with one attached hydrogen (secondary N) is 2. The number of carboxylic acid groups (broad SMARTS) is 1. The van der Waals surface area contributed by atoms with E-state index in [2.05, 4.69) is 19.9 Å². The van der Waals surface area contributed by atoms with Gasteiger partial charge in [-0.2, -0.15) is 5.10 Å². The molecule has 4 rings (SSSR count). The van der Waals surface area contributed by atoms with E-state index in [0.29, 0.717) is 40.8 Å². The van der Waals surface area contributed by atoms with E-state index in [1.54, 1.807) is 30.5 Å². The minimum absolute atomic E-state index is 0.0103. The molecule has 2 aromatic heterocycles. The lowest BCUT2D eigenvalue weighted by Gasteiger charge is -2.11. The van der Waals surface area contributed by atoms with Crippen molar-refractivity contribution in [2.24, 2.45) is 0 Å². The molecule has 0 saturated carbocycles. The van der Waals surface area contributed by atoms with Crippen LogP contribution in [0.1, 0.15) is 18.4 Å². The van der Waals surface area contributed by atoms with Crippen LogP contribution in [0.2, 0.25) is 10.0 Å². The lowest BCUT2D eigenvalue weighted by atomic mass is 10.2. The van der Waals surface area contributed by atoms with Crippen molar-refractivity contribution >= 4 is 56.8 Å². The van der Waals surface area contributed by atoms with Crippen LogP contribution in [0.3, 0.4) is 0 Å². The number of aromatic amines is 1. The van der Waals surface area contributed by atoms with Crippen molar-refractivity contribution < 1.29 is 23.1 Å². The van der Waals surface area contributed by atoms with Gasteiger partial charge in [-0.15, -0.1) is 11.8 Å². The summed E-state index contributed by atoms with van der Waals surface area (Å²) in [5.41, 5.74) is 2.00. The van der Waals surface area contributed by atoms with Crippen LogP contribution < -0.4 is 9.46 Å². The predicted octanol–water partition coefficient (Wildman–Crippen LogP) is 6.12. The first kappa shape index (κ1) is 27.8. The zero-order chi connectivity index (χ0) is 27.1. The van der Waals surface area contributed by atoms with Crippen LogP contribution in [0.5, 0.6) is 5.75 Å². The van der Waals surface area contributed by atoms with Crippen LogP contribution in [0, 0.1) is 0 Å². The molecule has 0 radical (unpaired) electrons. The Kier molecular flexibility index (Phi) is 9.16. The first-order valence-electron chi connectivity index (χ1n) is 11.3. The number of ether oxygens (including phenoxy) is 1. The van der Waals surface area contributed by atoms with E-state index in [-0.39, 0.29) is 27.2 Å². The van der Waals surface area contributed by atoms with E-state index in [1.165, 1.54) is 23.9 Å². The third-order valence-electron chi connectivity index (χ3n) is 5.18. The molecule has 0 aliphatic carbocycles. The summed E-state index contributed by atoms with van der Waals surface area (Å²) in [7, 11) is -4.16. The van der Waals surface area contributed by atoms with Crippen molar-refractivity contribution in [3.63, 3.8) is 0 Å². The molecule has 0 spiro atoms. The summed E-state index contributed by atoms with van der Waals surface area (Å²) in [5, 5.41) is 16.4. The topological polar surface area (TPSA) is 134 Å². The highest BCUT2D eigenvalue weighted by molar-refractivity contribution is 7.98. The zero-order valence-corrected chi connectivity index (χ0v) is 22.9. The Morgan fingerprint density at radius 1 is 1.05 bits per heavy atom. The van der Waals surface area contributed by atoms with E-state index in [0.717, 1.165) is 5.56 Å². The molecule has 0 atom stereocenters. The van der Waals surface area contributed by atoms with Crippen molar-refractivity contribution in [1.29, 1.82) is 0 Å². The van der Waals surface area contributed by atoms with Gasteiger partial charge in [0.1, 0.15) is 15.7 Å². The highest BCUT2D eigenvalue weighted by atomic mass is 35.5. The van der Waals surface area contributed by atoms with Gasteiger partial charge in [0, 0.05) is 18.4 Å². The number of aromatic nitrogens is 3. The standard InChI is InChI=1S/C25H22Cl2N4O5S2/c26-18-5-3-6-19(27)23(18)38(34,35)31-24-22(20-7-1-2-13-28-20)25(30-29-24)37-15-16-9-11-17(12-10-16)36-14-4-8-21(32)33/h1-3,5-7,9-13H,4,8,14-15H2,(H,32,33)(H2,29,30,31). The monoisotopic (exact) mass is 592 g/mol. The highest BCUT2D eigenvalue weighted by Crippen LogP contribution is 2.38. The normalized spacial score (nSPS) is 11.3. The number of hydrogen-bond donors (Lipinski definition) is 3. The molecule has 0 saturated heterocycles. The van der Waals surface area contributed by atoms with Crippen molar-refractivity contribution in [2.45, 2.75) is 28.5 Å². The molecule has 3 N–H and O–H groups in total. The fourth-order valence-corrected chi connectivity index (χ4v) is 6.54. The average molecular weight is 594 g/mol. The van der Waals surface area contributed by atoms with Gasteiger partial charge in [-0.3, -0.25) is 19.6 Å². The summed E-state index contributed by atoms with van der Waals surface area (Å²) in [6, 6.07) is 17.2. The Hall–Kier alpha value is -3.25. The lowest BCUT2D eigenvalue weighted by molar-refractivity contribution is -0.137. The number of anilines is 1. The number of halogens is 2. The summed E-state index contributed by atoms with van der Waals surface area (Å²) in [4.78, 5) is 14.7. The molecule has 2 aromatic carbocycles. The summed E-state index contributed by atoms with van der Waals surface area (Å²) < 4.78 is 34.4. The van der Waals surface area contributed by atoms with Gasteiger partial charge >= 0.3 is 5.97 Å². The summed E-state index contributed by atoms with van der Waals surface area (Å²) in [6.07, 6.45) is 2.09. The maximum atomic E-state index is 13.2. The van der Waals surface area contributed by atoms with Crippen LogP contribution in [0.15, 0.2) is 76.8 Å². The lowest BCUT2D eigenvalue weighted by Crippen LogP contribution is -2.15. The number of carbonyl (C=O) groups is 1. The molecule has 2 heterocycles. The molecular formula is C25H22Cl2N4O5S2. The van der Waals surface area contributed by atoms with Gasteiger partial charge in [-0.05, 0) is 48.4 Å². The average Bonchev–Trinajstić information content (AvgIpc) is 3.27. The summed E-state index contributed by atoms with van der Waals surface area (Å²) >= 11 is 13.7. The number of carboxylic acids is 1. The van der Waals surface area contributed by atoms with Gasteiger partial charge in [0.25, 0.3) is 10.0 Å². The maximum Gasteiger partial charge on any atom is 0.303 e. The molecule has 13 heteroatoms. The van der Waals surface area contributed by atoms with Crippen LogP contribution in [0.4, 0.5) is 5.82 Å². The highest BCUT2D eigenvalue weighted by Gasteiger charge is 2.26. The molecular weight excluding hydrogens is 571 g/mol. The first-order chi connectivity index (χ1) is 18.2. The molecule has 0 bridgehead atoms. The molecule has 0 aliphatic heterocycles. The SMILES string of the molecule is O=C(O)CCCOc1ccc(CSc2[nH]nc(NS(=O)(=O)c3c(Cl)cccc3Cl)c2-c2ccccn2)cc1. The van der Waals surface area contributed by atoms with Crippen molar-refractivity contribution in [2.75, 3.05) is 11.3 Å². The second-order valence-corrected chi connectivity index (χ2v) is 11.3. The molecule has 4 aromatic rings. The van der Waals surface area contributed by atoms with Crippen molar-refractivity contribution in [3.05, 3.63) is 82.5 Å². The number of nitrogens with zero attached hydrogens (tertiary/aromatic N) is 2. The number of benzene rings is 2. The van der Waals surface area contributed by atoms with E-state index in [1.807, 2.05) is 24.3 Å². The van der Waals surface area contributed by atoms with Crippen LogP contribution in [-0.4, -0.2) is 41.3 Å². The van der Waals surface area contributed by atoms with Crippen LogP contribution in [-0.2, 0) is 20.6 Å². The summed E-state index contributed by atoms with van der Waals surface area (Å²) in [5.74, 6) is 0.402. The van der Waals surface area contributed by atoms with Crippen molar-refractivity contribution in [1.82, 2.24) is 15.2 Å². The second-order valence-electron chi connectivity index (χ2n) is 7.93. The van der Waals surface area contributed by atoms with Gasteiger partial charge in [-0.1, -0.05) is 47.5 Å². The third-order valence-corrected chi connectivity index (χ3v) is 8.54. The molecule has 38 heavy (non-hydrogen) atoms. The number of rotatable bonds is 12. The maximum absolute atomic E-state index is 13.2. The van der Waals surface area contributed by atoms with Gasteiger partial charge < -0.3 is 9.84 Å². The van der Waals surface area contributed by atoms with Crippen LogP contribution >= 0.6 is 35.0 Å². The Labute approximate surface area is 233 Å². The number of pyridine rings is 1. The van der Waals surface area contributed by atoms with E-state index < -0.39 is 16.0 Å². The summed E-state index contributed by atoms with van der Waals surface area (Å²) in [6.45, 7) is 0.320. The predicted molar refractivity (Wildman–Crippen MR) is 147 cm³/mol. The minimum atomic E-state index is -4.16. The Morgan fingerprint density at radius 2 is 1.79 bits per heavy atom. The van der Waals surface area contributed by atoms with E-state index >= 15 is 0 Å². The quantitative estimate of drug-likeness (QED) is 0.132. The Balaban J connectivity index is 1.53. The second kappa shape index (κ2) is 12.5. The van der Waals surface area contributed by atoms with Gasteiger partial charge in [-0.25, -0.2) is 8.42 Å². The van der Waals surface area contributed by atoms with Gasteiger partial charge in [0.05, 0.1) is 27.9 Å². The third kappa shape index (κ3) is 6.98.